The number of carbonyl (C=O) groups excluding carboxylic acids is 1. The van der Waals surface area contributed by atoms with Crippen molar-refractivity contribution in [1.82, 2.24) is 0 Å². The molecule has 0 radical (unpaired) electrons. The minimum absolute atomic E-state index is 0.0302. The molecule has 1 saturated heterocycles. The second-order valence-electron chi connectivity index (χ2n) is 6.29. The van der Waals surface area contributed by atoms with Crippen LogP contribution in [0.1, 0.15) is 28.8 Å². The SMILES string of the molecule is O=C(Nc1cc(C(F)(F)F)ccc1Cl)c1ccc(N2CCCCS2(=O)=O)cc1. The van der Waals surface area contributed by atoms with Gasteiger partial charge >= 0.3 is 6.18 Å². The fourth-order valence-electron chi connectivity index (χ4n) is 2.85. The predicted octanol–water partition coefficient (Wildman–Crippen LogP) is 4.54. The third-order valence-electron chi connectivity index (χ3n) is 4.31. The first-order chi connectivity index (χ1) is 13.1. The molecule has 2 aromatic carbocycles. The zero-order chi connectivity index (χ0) is 20.5. The van der Waals surface area contributed by atoms with Crippen molar-refractivity contribution in [3.63, 3.8) is 0 Å². The van der Waals surface area contributed by atoms with E-state index in [1.165, 1.54) is 28.6 Å². The van der Waals surface area contributed by atoms with Gasteiger partial charge < -0.3 is 5.32 Å². The molecular formula is C18H16ClF3N2O3S. The number of anilines is 2. The van der Waals surface area contributed by atoms with E-state index < -0.39 is 27.7 Å². The summed E-state index contributed by atoms with van der Waals surface area (Å²) in [5.74, 6) is -0.585. The van der Waals surface area contributed by atoms with E-state index in [1.807, 2.05) is 0 Å². The minimum atomic E-state index is -4.56. The van der Waals surface area contributed by atoms with Crippen molar-refractivity contribution in [2.75, 3.05) is 21.9 Å². The lowest BCUT2D eigenvalue weighted by Gasteiger charge is -2.28. The summed E-state index contributed by atoms with van der Waals surface area (Å²) in [5.41, 5.74) is -0.498. The van der Waals surface area contributed by atoms with E-state index in [-0.39, 0.29) is 22.0 Å². The summed E-state index contributed by atoms with van der Waals surface area (Å²) in [7, 11) is -3.37. The summed E-state index contributed by atoms with van der Waals surface area (Å²) in [4.78, 5) is 12.4. The number of amides is 1. The fraction of sp³-hybridized carbons (Fsp3) is 0.278. The van der Waals surface area contributed by atoms with E-state index >= 15 is 0 Å². The van der Waals surface area contributed by atoms with Crippen molar-refractivity contribution >= 4 is 38.9 Å². The first-order valence-corrected chi connectivity index (χ1v) is 10.4. The number of nitrogens with zero attached hydrogens (tertiary/aromatic N) is 1. The molecule has 1 fully saturated rings. The first kappa shape index (κ1) is 20.5. The molecule has 3 rings (SSSR count). The smallest absolute Gasteiger partial charge is 0.321 e. The quantitative estimate of drug-likeness (QED) is 0.774. The predicted molar refractivity (Wildman–Crippen MR) is 101 cm³/mol. The second kappa shape index (κ2) is 7.63. The van der Waals surface area contributed by atoms with Gasteiger partial charge in [0.2, 0.25) is 10.0 Å². The fourth-order valence-corrected chi connectivity index (χ4v) is 4.65. The molecule has 0 aromatic heterocycles. The topological polar surface area (TPSA) is 66.5 Å². The van der Waals surface area contributed by atoms with Crippen LogP contribution >= 0.6 is 11.6 Å². The highest BCUT2D eigenvalue weighted by Crippen LogP contribution is 2.34. The summed E-state index contributed by atoms with van der Waals surface area (Å²) in [6.07, 6.45) is -3.21. The Balaban J connectivity index is 1.79. The maximum Gasteiger partial charge on any atom is 0.416 e. The Morgan fingerprint density at radius 3 is 2.36 bits per heavy atom. The number of rotatable bonds is 3. The van der Waals surface area contributed by atoms with Gasteiger partial charge in [0, 0.05) is 12.1 Å². The number of halogens is 4. The van der Waals surface area contributed by atoms with Crippen LogP contribution < -0.4 is 9.62 Å². The summed E-state index contributed by atoms with van der Waals surface area (Å²) in [6.45, 7) is 0.369. The molecule has 10 heteroatoms. The Labute approximate surface area is 165 Å². The van der Waals surface area contributed by atoms with Gasteiger partial charge in [-0.3, -0.25) is 9.10 Å². The Bertz CT molecular complexity index is 992. The van der Waals surface area contributed by atoms with Crippen molar-refractivity contribution in [3.05, 3.63) is 58.6 Å². The Hall–Kier alpha value is -2.26. The third kappa shape index (κ3) is 4.41. The van der Waals surface area contributed by atoms with Gasteiger partial charge in [0.15, 0.2) is 0 Å². The van der Waals surface area contributed by atoms with Crippen LogP contribution in [0.4, 0.5) is 24.5 Å². The number of hydrogen-bond acceptors (Lipinski definition) is 3. The van der Waals surface area contributed by atoms with Crippen molar-refractivity contribution < 1.29 is 26.4 Å². The Morgan fingerprint density at radius 1 is 1.07 bits per heavy atom. The second-order valence-corrected chi connectivity index (χ2v) is 8.71. The van der Waals surface area contributed by atoms with E-state index in [0.717, 1.165) is 24.6 Å². The van der Waals surface area contributed by atoms with Gasteiger partial charge in [0.1, 0.15) is 0 Å². The monoisotopic (exact) mass is 432 g/mol. The average Bonchev–Trinajstić information content (AvgIpc) is 2.62. The molecule has 0 spiro atoms. The summed E-state index contributed by atoms with van der Waals surface area (Å²) < 4.78 is 64.1. The van der Waals surface area contributed by atoms with Crippen LogP contribution in [0.5, 0.6) is 0 Å². The Morgan fingerprint density at radius 2 is 1.75 bits per heavy atom. The standard InChI is InChI=1S/C18H16ClF3N2O3S/c19-15-8-5-13(18(20,21)22)11-16(15)23-17(25)12-3-6-14(7-4-12)24-9-1-2-10-28(24,26)27/h3-8,11H,1-2,9-10H2,(H,23,25). The molecule has 2 aromatic rings. The highest BCUT2D eigenvalue weighted by atomic mass is 35.5. The van der Waals surface area contributed by atoms with Crippen LogP contribution in [0.3, 0.4) is 0 Å². The number of sulfonamides is 1. The largest absolute Gasteiger partial charge is 0.416 e. The zero-order valence-electron chi connectivity index (χ0n) is 14.5. The van der Waals surface area contributed by atoms with Gasteiger partial charge in [-0.1, -0.05) is 11.6 Å². The zero-order valence-corrected chi connectivity index (χ0v) is 16.0. The van der Waals surface area contributed by atoms with Crippen LogP contribution in [0.25, 0.3) is 0 Å². The molecule has 150 valence electrons. The van der Waals surface area contributed by atoms with E-state index in [1.54, 1.807) is 0 Å². The average molecular weight is 433 g/mol. The van der Waals surface area contributed by atoms with Gasteiger partial charge in [0.05, 0.1) is 27.7 Å². The molecule has 1 amide bonds. The summed E-state index contributed by atoms with van der Waals surface area (Å²) >= 11 is 5.88. The lowest BCUT2D eigenvalue weighted by atomic mass is 10.1. The van der Waals surface area contributed by atoms with Crippen molar-refractivity contribution in [2.45, 2.75) is 19.0 Å². The summed E-state index contributed by atoms with van der Waals surface area (Å²) in [6, 6.07) is 8.45. The number of nitrogens with one attached hydrogen (secondary N) is 1. The molecule has 28 heavy (non-hydrogen) atoms. The van der Waals surface area contributed by atoms with E-state index in [0.29, 0.717) is 18.7 Å². The molecule has 1 heterocycles. The lowest BCUT2D eigenvalue weighted by molar-refractivity contribution is -0.137. The molecule has 1 aliphatic heterocycles. The van der Waals surface area contributed by atoms with Gasteiger partial charge in [-0.25, -0.2) is 8.42 Å². The Kier molecular flexibility index (Phi) is 5.58. The van der Waals surface area contributed by atoms with Crippen molar-refractivity contribution in [2.24, 2.45) is 0 Å². The van der Waals surface area contributed by atoms with Gasteiger partial charge in [-0.15, -0.1) is 0 Å². The lowest BCUT2D eigenvalue weighted by Crippen LogP contribution is -2.37. The van der Waals surface area contributed by atoms with Gasteiger partial charge in [-0.05, 0) is 55.3 Å². The summed E-state index contributed by atoms with van der Waals surface area (Å²) in [5, 5.41) is 2.32. The maximum atomic E-state index is 12.8. The molecule has 0 atom stereocenters. The van der Waals surface area contributed by atoms with Crippen LogP contribution in [0.15, 0.2) is 42.5 Å². The number of carbonyl (C=O) groups is 1. The van der Waals surface area contributed by atoms with Gasteiger partial charge in [-0.2, -0.15) is 13.2 Å². The molecule has 1 aliphatic rings. The molecular weight excluding hydrogens is 417 g/mol. The van der Waals surface area contributed by atoms with Crippen LogP contribution in [0, 0.1) is 0 Å². The number of benzene rings is 2. The van der Waals surface area contributed by atoms with Crippen molar-refractivity contribution in [3.8, 4) is 0 Å². The number of alkyl halides is 3. The van der Waals surface area contributed by atoms with Crippen LogP contribution in [-0.2, 0) is 16.2 Å². The molecule has 1 N–H and O–H groups in total. The maximum absolute atomic E-state index is 12.8. The third-order valence-corrected chi connectivity index (χ3v) is 6.51. The van der Waals surface area contributed by atoms with Crippen LogP contribution in [0.2, 0.25) is 5.02 Å². The van der Waals surface area contributed by atoms with Crippen molar-refractivity contribution in [1.29, 1.82) is 0 Å². The minimum Gasteiger partial charge on any atom is -0.321 e. The highest BCUT2D eigenvalue weighted by molar-refractivity contribution is 7.92. The molecule has 0 saturated carbocycles. The molecule has 0 aliphatic carbocycles. The normalized spacial score (nSPS) is 16.6. The first-order valence-electron chi connectivity index (χ1n) is 8.36. The van der Waals surface area contributed by atoms with E-state index in [9.17, 15) is 26.4 Å². The van der Waals surface area contributed by atoms with Crippen LogP contribution in [-0.4, -0.2) is 26.6 Å². The highest BCUT2D eigenvalue weighted by Gasteiger charge is 2.31. The van der Waals surface area contributed by atoms with E-state index in [2.05, 4.69) is 5.32 Å². The molecule has 0 unspecified atom stereocenters. The van der Waals surface area contributed by atoms with Gasteiger partial charge in [0.25, 0.3) is 5.91 Å². The molecule has 5 nitrogen and oxygen atoms in total. The molecule has 0 bridgehead atoms. The van der Waals surface area contributed by atoms with E-state index in [4.69, 9.17) is 11.6 Å². The number of hydrogen-bond donors (Lipinski definition) is 1.